The molecular weight excluding hydrogens is 399 g/mol. The topological polar surface area (TPSA) is 42.5 Å². The van der Waals surface area contributed by atoms with Crippen molar-refractivity contribution in [2.75, 3.05) is 31.8 Å². The van der Waals surface area contributed by atoms with Crippen molar-refractivity contribution >= 4 is 58.0 Å². The smallest absolute Gasteiger partial charge is 0.170 e. The molecule has 0 aliphatic carbocycles. The Labute approximate surface area is 167 Å². The molecule has 0 spiro atoms. The van der Waals surface area contributed by atoms with Crippen LogP contribution in [0.25, 0.3) is 0 Å². The Morgan fingerprint density at radius 3 is 2.40 bits per heavy atom. The Morgan fingerprint density at radius 2 is 1.76 bits per heavy atom. The molecule has 25 heavy (non-hydrogen) atoms. The van der Waals surface area contributed by atoms with Crippen LogP contribution in [-0.4, -0.2) is 31.6 Å². The van der Waals surface area contributed by atoms with E-state index in [-0.39, 0.29) is 0 Å². The van der Waals surface area contributed by atoms with Gasteiger partial charge in [-0.1, -0.05) is 23.2 Å². The highest BCUT2D eigenvalue weighted by molar-refractivity contribution is 7.99. The predicted octanol–water partition coefficient (Wildman–Crippen LogP) is 5.09. The van der Waals surface area contributed by atoms with Crippen molar-refractivity contribution in [3.8, 4) is 11.5 Å². The molecule has 0 atom stereocenters. The van der Waals surface area contributed by atoms with Crippen LogP contribution < -0.4 is 20.1 Å². The molecule has 8 heteroatoms. The van der Waals surface area contributed by atoms with Gasteiger partial charge in [0.1, 0.15) is 11.5 Å². The number of anilines is 1. The van der Waals surface area contributed by atoms with Crippen LogP contribution in [0.15, 0.2) is 41.3 Å². The molecule has 0 fully saturated rings. The Hall–Kier alpha value is -1.34. The number of rotatable bonds is 7. The Bertz CT molecular complexity index is 727. The van der Waals surface area contributed by atoms with Crippen LogP contribution in [0.4, 0.5) is 5.69 Å². The molecule has 0 heterocycles. The molecule has 0 saturated carbocycles. The minimum atomic E-state index is 0.475. The number of hydrogen-bond acceptors (Lipinski definition) is 4. The van der Waals surface area contributed by atoms with E-state index in [9.17, 15) is 0 Å². The lowest BCUT2D eigenvalue weighted by Gasteiger charge is -2.15. The SMILES string of the molecule is COc1cc(NC(=S)NCCSc2ccc(Cl)cc2)c(OC)cc1Cl. The van der Waals surface area contributed by atoms with Crippen molar-refractivity contribution in [1.82, 2.24) is 5.32 Å². The summed E-state index contributed by atoms with van der Waals surface area (Å²) in [5.74, 6) is 2.00. The molecule has 2 aromatic rings. The third-order valence-corrected chi connectivity index (χ3v) is 5.00. The highest BCUT2D eigenvalue weighted by atomic mass is 35.5. The number of ether oxygens (including phenoxy) is 2. The minimum absolute atomic E-state index is 0.475. The van der Waals surface area contributed by atoms with Crippen LogP contribution in [0.2, 0.25) is 10.0 Å². The van der Waals surface area contributed by atoms with E-state index >= 15 is 0 Å². The second-order valence-corrected chi connectivity index (χ2v) is 7.29. The summed E-state index contributed by atoms with van der Waals surface area (Å²) in [5.41, 5.74) is 0.687. The largest absolute Gasteiger partial charge is 0.495 e. The first-order valence-corrected chi connectivity index (χ1v) is 9.53. The molecule has 0 saturated heterocycles. The maximum atomic E-state index is 6.09. The monoisotopic (exact) mass is 416 g/mol. The Kier molecular flexibility index (Phi) is 7.96. The lowest BCUT2D eigenvalue weighted by molar-refractivity contribution is 0.405. The number of methoxy groups -OCH3 is 2. The summed E-state index contributed by atoms with van der Waals surface area (Å²) in [6, 6.07) is 11.2. The van der Waals surface area contributed by atoms with Crippen molar-refractivity contribution in [3.05, 3.63) is 46.4 Å². The van der Waals surface area contributed by atoms with Crippen molar-refractivity contribution in [2.45, 2.75) is 4.90 Å². The summed E-state index contributed by atoms with van der Waals surface area (Å²) in [6.07, 6.45) is 0. The number of benzene rings is 2. The van der Waals surface area contributed by atoms with Crippen molar-refractivity contribution in [3.63, 3.8) is 0 Å². The van der Waals surface area contributed by atoms with Gasteiger partial charge in [-0.15, -0.1) is 11.8 Å². The minimum Gasteiger partial charge on any atom is -0.495 e. The summed E-state index contributed by atoms with van der Waals surface area (Å²) in [7, 11) is 3.13. The van der Waals surface area contributed by atoms with E-state index in [0.717, 1.165) is 15.7 Å². The van der Waals surface area contributed by atoms with Gasteiger partial charge in [-0.3, -0.25) is 0 Å². The van der Waals surface area contributed by atoms with E-state index in [2.05, 4.69) is 10.6 Å². The number of hydrogen-bond donors (Lipinski definition) is 2. The van der Waals surface area contributed by atoms with Crippen molar-refractivity contribution < 1.29 is 9.47 Å². The van der Waals surface area contributed by atoms with Crippen molar-refractivity contribution in [2.24, 2.45) is 0 Å². The average Bonchev–Trinajstić information content (AvgIpc) is 2.61. The molecule has 0 amide bonds. The summed E-state index contributed by atoms with van der Waals surface area (Å²) in [4.78, 5) is 1.16. The fourth-order valence-electron chi connectivity index (χ4n) is 1.99. The highest BCUT2D eigenvalue weighted by Gasteiger charge is 2.11. The lowest BCUT2D eigenvalue weighted by Crippen LogP contribution is -2.30. The van der Waals surface area contributed by atoms with Crippen LogP contribution in [0.5, 0.6) is 11.5 Å². The van der Waals surface area contributed by atoms with Gasteiger partial charge in [-0.2, -0.15) is 0 Å². The first kappa shape index (κ1) is 20.0. The van der Waals surface area contributed by atoms with Crippen LogP contribution in [0, 0.1) is 0 Å². The normalized spacial score (nSPS) is 10.2. The zero-order valence-electron chi connectivity index (χ0n) is 13.8. The molecule has 0 unspecified atom stereocenters. The van der Waals surface area contributed by atoms with Gasteiger partial charge in [0.15, 0.2) is 5.11 Å². The zero-order chi connectivity index (χ0) is 18.2. The molecule has 4 nitrogen and oxygen atoms in total. The van der Waals surface area contributed by atoms with E-state index in [4.69, 9.17) is 44.9 Å². The molecule has 0 aliphatic heterocycles. The molecule has 0 aromatic heterocycles. The molecule has 2 rings (SSSR count). The first-order chi connectivity index (χ1) is 12.0. The molecule has 0 radical (unpaired) electrons. The van der Waals surface area contributed by atoms with Crippen LogP contribution >= 0.6 is 47.2 Å². The van der Waals surface area contributed by atoms with Gasteiger partial charge in [-0.25, -0.2) is 0 Å². The number of halogens is 2. The van der Waals surface area contributed by atoms with Crippen LogP contribution in [0.1, 0.15) is 0 Å². The van der Waals surface area contributed by atoms with Gasteiger partial charge in [0, 0.05) is 34.3 Å². The molecule has 0 aliphatic rings. The zero-order valence-corrected chi connectivity index (χ0v) is 16.9. The quantitative estimate of drug-likeness (QED) is 0.372. The Morgan fingerprint density at radius 1 is 1.08 bits per heavy atom. The molecule has 2 aromatic carbocycles. The van der Waals surface area contributed by atoms with E-state index in [0.29, 0.717) is 33.9 Å². The van der Waals surface area contributed by atoms with Crippen molar-refractivity contribution in [1.29, 1.82) is 0 Å². The lowest BCUT2D eigenvalue weighted by atomic mass is 10.2. The van der Waals surface area contributed by atoms with Gasteiger partial charge in [0.2, 0.25) is 0 Å². The number of thioether (sulfide) groups is 1. The summed E-state index contributed by atoms with van der Waals surface area (Å²) in [5, 5.41) is 7.97. The van der Waals surface area contributed by atoms with Gasteiger partial charge in [0.05, 0.1) is 24.9 Å². The van der Waals surface area contributed by atoms with Gasteiger partial charge >= 0.3 is 0 Å². The third kappa shape index (κ3) is 6.15. The van der Waals surface area contributed by atoms with E-state index in [1.807, 2.05) is 24.3 Å². The number of thiocarbonyl (C=S) groups is 1. The van der Waals surface area contributed by atoms with Gasteiger partial charge in [-0.05, 0) is 36.5 Å². The van der Waals surface area contributed by atoms with E-state index < -0.39 is 0 Å². The van der Waals surface area contributed by atoms with E-state index in [1.54, 1.807) is 38.1 Å². The Balaban J connectivity index is 1.84. The van der Waals surface area contributed by atoms with Crippen LogP contribution in [0.3, 0.4) is 0 Å². The standard InChI is InChI=1S/C17H18Cl2N2O2S2/c1-22-15-10-14(16(23-2)9-13(15)19)21-17(24)20-7-8-25-12-5-3-11(18)4-6-12/h3-6,9-10H,7-8H2,1-2H3,(H2,20,21,24). The fourth-order valence-corrected chi connectivity index (χ4v) is 3.33. The maximum absolute atomic E-state index is 6.09. The summed E-state index contributed by atoms with van der Waals surface area (Å²) < 4.78 is 10.5. The molecule has 2 N–H and O–H groups in total. The van der Waals surface area contributed by atoms with Gasteiger partial charge < -0.3 is 20.1 Å². The highest BCUT2D eigenvalue weighted by Crippen LogP contribution is 2.35. The second-order valence-electron chi connectivity index (χ2n) is 4.87. The van der Waals surface area contributed by atoms with Crippen LogP contribution in [-0.2, 0) is 0 Å². The summed E-state index contributed by atoms with van der Waals surface area (Å²) >= 11 is 19.0. The molecular formula is C17H18Cl2N2O2S2. The second kappa shape index (κ2) is 9.97. The first-order valence-electron chi connectivity index (χ1n) is 7.38. The molecule has 0 bridgehead atoms. The maximum Gasteiger partial charge on any atom is 0.170 e. The predicted molar refractivity (Wildman–Crippen MR) is 111 cm³/mol. The molecule has 134 valence electrons. The number of nitrogens with one attached hydrogen (secondary N) is 2. The fraction of sp³-hybridized carbons (Fsp3) is 0.235. The average molecular weight is 417 g/mol. The van der Waals surface area contributed by atoms with Gasteiger partial charge in [0.25, 0.3) is 0 Å². The summed E-state index contributed by atoms with van der Waals surface area (Å²) in [6.45, 7) is 0.714. The van der Waals surface area contributed by atoms with E-state index in [1.165, 1.54) is 0 Å². The third-order valence-electron chi connectivity index (χ3n) is 3.19.